The fourth-order valence-electron chi connectivity index (χ4n) is 3.58. The molecule has 0 aliphatic heterocycles. The Bertz CT molecular complexity index is 907. The molecule has 0 saturated heterocycles. The van der Waals surface area contributed by atoms with Crippen molar-refractivity contribution in [3.05, 3.63) is 59.3 Å². The van der Waals surface area contributed by atoms with E-state index in [4.69, 9.17) is 4.98 Å². The molecule has 0 spiro atoms. The van der Waals surface area contributed by atoms with E-state index >= 15 is 0 Å². The zero-order valence-electron chi connectivity index (χ0n) is 15.1. The molecule has 0 bridgehead atoms. The Kier molecular flexibility index (Phi) is 3.98. The molecule has 0 N–H and O–H groups in total. The van der Waals surface area contributed by atoms with Gasteiger partial charge in [0.25, 0.3) is 0 Å². The van der Waals surface area contributed by atoms with Gasteiger partial charge >= 0.3 is 0 Å². The topological polar surface area (TPSA) is 21.1 Å². The van der Waals surface area contributed by atoms with Gasteiger partial charge in [0.2, 0.25) is 0 Å². The van der Waals surface area contributed by atoms with Crippen LogP contribution in [-0.2, 0) is 13.1 Å². The molecular weight excluding hydrogens is 313 g/mol. The molecular formula is C21H24FN3. The number of hydrogen-bond acceptors (Lipinski definition) is 2. The second-order valence-corrected chi connectivity index (χ2v) is 7.25. The lowest BCUT2D eigenvalue weighted by atomic mass is 10.1. The number of nitrogens with zero attached hydrogens (tertiary/aromatic N) is 3. The standard InChI is InChI=1S/C21H24FN3/c1-14-15(2)25(12-16-4-5-16)21-19(14)10-11-23-20(21)13-24(3)18-8-6-17(22)7-9-18/h6-11,16H,4-5,12-13H2,1-3H3. The van der Waals surface area contributed by atoms with E-state index in [-0.39, 0.29) is 5.82 Å². The zero-order valence-corrected chi connectivity index (χ0v) is 15.1. The molecule has 3 nitrogen and oxygen atoms in total. The van der Waals surface area contributed by atoms with Crippen LogP contribution in [0.5, 0.6) is 0 Å². The van der Waals surface area contributed by atoms with Gasteiger partial charge in [-0.1, -0.05) is 0 Å². The van der Waals surface area contributed by atoms with Crippen molar-refractivity contribution in [1.82, 2.24) is 9.55 Å². The van der Waals surface area contributed by atoms with Gasteiger partial charge in [-0.05, 0) is 68.5 Å². The highest BCUT2D eigenvalue weighted by Crippen LogP contribution is 2.35. The Balaban J connectivity index is 1.73. The Morgan fingerprint density at radius 2 is 1.88 bits per heavy atom. The number of benzene rings is 1. The lowest BCUT2D eigenvalue weighted by Crippen LogP contribution is -2.18. The average Bonchev–Trinajstić information content (AvgIpc) is 3.39. The van der Waals surface area contributed by atoms with Crippen molar-refractivity contribution >= 4 is 16.6 Å². The Hall–Kier alpha value is -2.36. The van der Waals surface area contributed by atoms with Gasteiger partial charge in [0.05, 0.1) is 17.8 Å². The third-order valence-corrected chi connectivity index (χ3v) is 5.41. The molecule has 0 amide bonds. The number of halogens is 1. The summed E-state index contributed by atoms with van der Waals surface area (Å²) in [6, 6.07) is 8.76. The molecule has 1 aromatic carbocycles. The Labute approximate surface area is 148 Å². The predicted molar refractivity (Wildman–Crippen MR) is 100 cm³/mol. The molecule has 4 rings (SSSR count). The van der Waals surface area contributed by atoms with Gasteiger partial charge in [-0.3, -0.25) is 4.98 Å². The van der Waals surface area contributed by atoms with Crippen LogP contribution in [0.25, 0.3) is 10.9 Å². The maximum Gasteiger partial charge on any atom is 0.123 e. The first-order chi connectivity index (χ1) is 12.0. The Morgan fingerprint density at radius 3 is 2.56 bits per heavy atom. The van der Waals surface area contributed by atoms with Crippen molar-refractivity contribution in [3.8, 4) is 0 Å². The van der Waals surface area contributed by atoms with Crippen molar-refractivity contribution in [2.45, 2.75) is 39.8 Å². The van der Waals surface area contributed by atoms with Crippen molar-refractivity contribution in [1.29, 1.82) is 0 Å². The molecule has 2 heterocycles. The maximum absolute atomic E-state index is 13.2. The molecule has 3 aromatic rings. The summed E-state index contributed by atoms with van der Waals surface area (Å²) in [6.07, 6.45) is 4.58. The molecule has 0 radical (unpaired) electrons. The molecule has 4 heteroatoms. The Morgan fingerprint density at radius 1 is 1.16 bits per heavy atom. The number of rotatable bonds is 5. The third-order valence-electron chi connectivity index (χ3n) is 5.41. The first kappa shape index (κ1) is 16.1. The van der Waals surface area contributed by atoms with Crippen LogP contribution in [-0.4, -0.2) is 16.6 Å². The number of fused-ring (bicyclic) bond motifs is 1. The first-order valence-corrected chi connectivity index (χ1v) is 8.94. The number of aryl methyl sites for hydroxylation is 1. The SMILES string of the molecule is Cc1c(C)n(CC2CC2)c2c(CN(C)c3ccc(F)cc3)nccc12. The molecule has 0 unspecified atom stereocenters. The van der Waals surface area contributed by atoms with Gasteiger partial charge in [-0.15, -0.1) is 0 Å². The van der Waals surface area contributed by atoms with E-state index in [0.29, 0.717) is 6.54 Å². The van der Waals surface area contributed by atoms with Gasteiger partial charge in [-0.2, -0.15) is 0 Å². The van der Waals surface area contributed by atoms with Crippen LogP contribution in [0.3, 0.4) is 0 Å². The third kappa shape index (κ3) is 3.01. The van der Waals surface area contributed by atoms with E-state index in [1.54, 1.807) is 0 Å². The van der Waals surface area contributed by atoms with Crippen molar-refractivity contribution in [2.75, 3.05) is 11.9 Å². The predicted octanol–water partition coefficient (Wildman–Crippen LogP) is 4.84. The van der Waals surface area contributed by atoms with E-state index in [2.05, 4.69) is 29.4 Å². The molecule has 1 aliphatic rings. The number of aromatic nitrogens is 2. The highest BCUT2D eigenvalue weighted by Gasteiger charge is 2.25. The van der Waals surface area contributed by atoms with Crippen LogP contribution in [0.15, 0.2) is 36.5 Å². The molecule has 25 heavy (non-hydrogen) atoms. The van der Waals surface area contributed by atoms with Gasteiger partial charge in [-0.25, -0.2) is 4.39 Å². The number of hydrogen-bond donors (Lipinski definition) is 0. The fourth-order valence-corrected chi connectivity index (χ4v) is 3.58. The maximum atomic E-state index is 13.2. The van der Waals surface area contributed by atoms with E-state index in [1.165, 1.54) is 47.1 Å². The van der Waals surface area contributed by atoms with Gasteiger partial charge in [0.1, 0.15) is 5.82 Å². The summed E-state index contributed by atoms with van der Waals surface area (Å²) in [4.78, 5) is 6.82. The molecule has 1 fully saturated rings. The summed E-state index contributed by atoms with van der Waals surface area (Å²) >= 11 is 0. The van der Waals surface area contributed by atoms with E-state index < -0.39 is 0 Å². The monoisotopic (exact) mass is 337 g/mol. The number of pyridine rings is 1. The average molecular weight is 337 g/mol. The fraction of sp³-hybridized carbons (Fsp3) is 0.381. The summed E-state index contributed by atoms with van der Waals surface area (Å²) in [5.41, 5.74) is 6.04. The molecule has 0 atom stereocenters. The minimum absolute atomic E-state index is 0.207. The second-order valence-electron chi connectivity index (χ2n) is 7.25. The van der Waals surface area contributed by atoms with Gasteiger partial charge < -0.3 is 9.47 Å². The lowest BCUT2D eigenvalue weighted by molar-refractivity contribution is 0.627. The lowest BCUT2D eigenvalue weighted by Gasteiger charge is -2.20. The van der Waals surface area contributed by atoms with Crippen LogP contribution in [0.1, 0.15) is 29.8 Å². The smallest absolute Gasteiger partial charge is 0.123 e. The zero-order chi connectivity index (χ0) is 17.6. The molecule has 2 aromatic heterocycles. The van der Waals surface area contributed by atoms with Crippen LogP contribution < -0.4 is 4.90 Å². The summed E-state index contributed by atoms with van der Waals surface area (Å²) in [6.45, 7) is 6.21. The highest BCUT2D eigenvalue weighted by molar-refractivity contribution is 5.87. The van der Waals surface area contributed by atoms with Crippen molar-refractivity contribution in [3.63, 3.8) is 0 Å². The van der Waals surface area contributed by atoms with Crippen LogP contribution in [0.2, 0.25) is 0 Å². The van der Waals surface area contributed by atoms with Crippen molar-refractivity contribution in [2.24, 2.45) is 5.92 Å². The summed E-state index contributed by atoms with van der Waals surface area (Å²) < 4.78 is 15.6. The van der Waals surface area contributed by atoms with Crippen LogP contribution >= 0.6 is 0 Å². The molecule has 1 aliphatic carbocycles. The van der Waals surface area contributed by atoms with Gasteiger partial charge in [0.15, 0.2) is 0 Å². The van der Waals surface area contributed by atoms with Crippen LogP contribution in [0.4, 0.5) is 10.1 Å². The summed E-state index contributed by atoms with van der Waals surface area (Å²) in [7, 11) is 2.03. The summed E-state index contributed by atoms with van der Waals surface area (Å²) in [5, 5.41) is 1.30. The largest absolute Gasteiger partial charge is 0.369 e. The van der Waals surface area contributed by atoms with E-state index in [9.17, 15) is 4.39 Å². The minimum atomic E-state index is -0.207. The first-order valence-electron chi connectivity index (χ1n) is 8.94. The van der Waals surface area contributed by atoms with E-state index in [1.807, 2.05) is 25.4 Å². The highest BCUT2D eigenvalue weighted by atomic mass is 19.1. The molecule has 1 saturated carbocycles. The number of anilines is 1. The summed E-state index contributed by atoms with van der Waals surface area (Å²) in [5.74, 6) is 0.610. The van der Waals surface area contributed by atoms with Crippen molar-refractivity contribution < 1.29 is 4.39 Å². The molecule has 130 valence electrons. The normalized spacial score (nSPS) is 14.2. The second kappa shape index (κ2) is 6.17. The minimum Gasteiger partial charge on any atom is -0.369 e. The quantitative estimate of drug-likeness (QED) is 0.664. The van der Waals surface area contributed by atoms with Crippen LogP contribution in [0, 0.1) is 25.6 Å². The van der Waals surface area contributed by atoms with E-state index in [0.717, 1.165) is 23.8 Å². The van der Waals surface area contributed by atoms with Gasteiger partial charge in [0, 0.05) is 36.6 Å².